The second-order valence-electron chi connectivity index (χ2n) is 9.88. The number of hydrogen-bond acceptors (Lipinski definition) is 6. The molecule has 3 aliphatic rings. The zero-order chi connectivity index (χ0) is 29.2. The zero-order valence-electron chi connectivity index (χ0n) is 20.9. The van der Waals surface area contributed by atoms with Crippen LogP contribution in [0.2, 0.25) is 5.02 Å². The molecule has 0 aromatic heterocycles. The number of carboxylic acid groups (broad SMARTS) is 1. The van der Waals surface area contributed by atoms with Crippen LogP contribution in [0.4, 0.5) is 35.0 Å². The van der Waals surface area contributed by atoms with Gasteiger partial charge in [0.2, 0.25) is 11.8 Å². The molecule has 212 valence electrons. The Morgan fingerprint density at radius 1 is 1.10 bits per heavy atom. The first-order chi connectivity index (χ1) is 19.4. The van der Waals surface area contributed by atoms with Crippen LogP contribution in [0.5, 0.6) is 5.75 Å². The minimum absolute atomic E-state index is 0.0392. The van der Waals surface area contributed by atoms with Crippen molar-refractivity contribution < 1.29 is 42.2 Å². The number of nitrogens with zero attached hydrogens (tertiary/aromatic N) is 3. The third kappa shape index (κ3) is 4.65. The first-order valence-corrected chi connectivity index (χ1v) is 12.9. The highest BCUT2D eigenvalue weighted by Crippen LogP contribution is 2.43. The number of hydrogen-bond donors (Lipinski definition) is 2. The Morgan fingerprint density at radius 2 is 1.85 bits per heavy atom. The molecule has 0 aliphatic carbocycles. The van der Waals surface area contributed by atoms with Crippen molar-refractivity contribution in [3.8, 4) is 5.75 Å². The molecule has 0 spiro atoms. The maximum atomic E-state index is 13.5. The molecule has 2 saturated heterocycles. The number of piperidine rings is 1. The Morgan fingerprint density at radius 3 is 2.54 bits per heavy atom. The van der Waals surface area contributed by atoms with Gasteiger partial charge in [-0.05, 0) is 42.1 Å². The highest BCUT2D eigenvalue weighted by molar-refractivity contribution is 6.32. The summed E-state index contributed by atoms with van der Waals surface area (Å²) in [6.45, 7) is 0.389. The lowest BCUT2D eigenvalue weighted by molar-refractivity contribution is -0.274. The van der Waals surface area contributed by atoms with Crippen LogP contribution in [0.15, 0.2) is 48.5 Å². The number of alkyl halides is 3. The number of halogens is 4. The Balaban J connectivity index is 1.25. The van der Waals surface area contributed by atoms with E-state index in [9.17, 15) is 37.5 Å². The molecule has 0 radical (unpaired) electrons. The molecular formula is C27H20ClF3N4O6. The van der Waals surface area contributed by atoms with E-state index in [1.807, 2.05) is 17.0 Å². The third-order valence-electron chi connectivity index (χ3n) is 7.39. The van der Waals surface area contributed by atoms with E-state index in [1.165, 1.54) is 11.0 Å². The lowest BCUT2D eigenvalue weighted by Crippen LogP contribution is -2.61. The topological polar surface area (TPSA) is 119 Å². The van der Waals surface area contributed by atoms with Crippen molar-refractivity contribution in [3.05, 3.63) is 59.1 Å². The third-order valence-corrected chi connectivity index (χ3v) is 7.70. The standard InChI is InChI=1S/C27H20ClF3N4O6/c28-18-5-4-14(10-21(18)41-27(29,30)31)34(26(39)40)16-11-33(12-16)15-8-13-2-1-3-19-23(13)17(9-15)25(38)35(19)20-6-7-22(36)32-24(20)37/h1-5,8-10,16,20H,6-7,11-12H2,(H,39,40)(H,32,36,37). The molecule has 3 aromatic rings. The van der Waals surface area contributed by atoms with Crippen LogP contribution in [-0.2, 0) is 9.59 Å². The average molecular weight is 589 g/mol. The second kappa shape index (κ2) is 9.54. The summed E-state index contributed by atoms with van der Waals surface area (Å²) in [5.74, 6) is -2.02. The van der Waals surface area contributed by atoms with Crippen LogP contribution in [0.1, 0.15) is 23.2 Å². The van der Waals surface area contributed by atoms with Crippen molar-refractivity contribution in [2.24, 2.45) is 0 Å². The van der Waals surface area contributed by atoms with Gasteiger partial charge in [-0.1, -0.05) is 23.7 Å². The van der Waals surface area contributed by atoms with Gasteiger partial charge in [0.15, 0.2) is 0 Å². The van der Waals surface area contributed by atoms with E-state index in [0.717, 1.165) is 22.4 Å². The van der Waals surface area contributed by atoms with Crippen molar-refractivity contribution >= 4 is 63.3 Å². The van der Waals surface area contributed by atoms with Gasteiger partial charge in [-0.2, -0.15) is 0 Å². The van der Waals surface area contributed by atoms with Crippen LogP contribution in [0.3, 0.4) is 0 Å². The summed E-state index contributed by atoms with van der Waals surface area (Å²) in [6.07, 6.45) is -6.06. The number of carbonyl (C=O) groups excluding carboxylic acids is 3. The molecule has 0 bridgehead atoms. The molecule has 2 fully saturated rings. The number of carbonyl (C=O) groups is 4. The quantitative estimate of drug-likeness (QED) is 0.420. The molecule has 4 amide bonds. The molecule has 6 rings (SSSR count). The molecule has 41 heavy (non-hydrogen) atoms. The molecule has 1 unspecified atom stereocenters. The Hall–Kier alpha value is -4.52. The fraction of sp³-hybridized carbons (Fsp3) is 0.259. The van der Waals surface area contributed by atoms with Gasteiger partial charge in [-0.3, -0.25) is 29.5 Å². The Bertz CT molecular complexity index is 1640. The van der Waals surface area contributed by atoms with E-state index >= 15 is 0 Å². The summed E-state index contributed by atoms with van der Waals surface area (Å²) in [7, 11) is 0. The van der Waals surface area contributed by atoms with Gasteiger partial charge >= 0.3 is 12.5 Å². The van der Waals surface area contributed by atoms with Crippen molar-refractivity contribution in [2.75, 3.05) is 27.8 Å². The normalized spacial score (nSPS) is 18.9. The Kier molecular flexibility index (Phi) is 6.21. The van der Waals surface area contributed by atoms with Gasteiger partial charge in [-0.25, -0.2) is 4.79 Å². The van der Waals surface area contributed by atoms with Crippen molar-refractivity contribution in [2.45, 2.75) is 31.3 Å². The fourth-order valence-corrected chi connectivity index (χ4v) is 5.73. The fourth-order valence-electron chi connectivity index (χ4n) is 5.57. The predicted octanol–water partition coefficient (Wildman–Crippen LogP) is 4.53. The largest absolute Gasteiger partial charge is 0.573 e. The van der Waals surface area contributed by atoms with Gasteiger partial charge in [0.1, 0.15) is 11.8 Å². The first kappa shape index (κ1) is 26.7. The van der Waals surface area contributed by atoms with E-state index in [0.29, 0.717) is 22.3 Å². The summed E-state index contributed by atoms with van der Waals surface area (Å²) in [4.78, 5) is 54.1. The average Bonchev–Trinajstić information content (AvgIpc) is 3.14. The highest BCUT2D eigenvalue weighted by Gasteiger charge is 2.42. The minimum Gasteiger partial charge on any atom is -0.465 e. The smallest absolute Gasteiger partial charge is 0.465 e. The minimum atomic E-state index is -5.01. The van der Waals surface area contributed by atoms with Crippen LogP contribution in [0, 0.1) is 0 Å². The van der Waals surface area contributed by atoms with E-state index < -0.39 is 36.2 Å². The number of ether oxygens (including phenoxy) is 1. The molecule has 14 heteroatoms. The van der Waals surface area contributed by atoms with Crippen LogP contribution >= 0.6 is 11.6 Å². The monoisotopic (exact) mass is 588 g/mol. The van der Waals surface area contributed by atoms with Gasteiger partial charge < -0.3 is 14.7 Å². The van der Waals surface area contributed by atoms with Gasteiger partial charge in [0, 0.05) is 36.7 Å². The molecule has 0 saturated carbocycles. The molecular weight excluding hydrogens is 569 g/mol. The lowest BCUT2D eigenvalue weighted by Gasteiger charge is -2.45. The number of amides is 4. The van der Waals surface area contributed by atoms with Crippen LogP contribution in [-0.4, -0.2) is 60.5 Å². The van der Waals surface area contributed by atoms with E-state index in [1.54, 1.807) is 18.2 Å². The summed E-state index contributed by atoms with van der Waals surface area (Å²) in [5, 5.41) is 13.3. The number of benzene rings is 3. The lowest BCUT2D eigenvalue weighted by atomic mass is 10.00. The molecule has 2 N–H and O–H groups in total. The van der Waals surface area contributed by atoms with Gasteiger partial charge in [0.25, 0.3) is 5.91 Å². The number of rotatable bonds is 5. The van der Waals surface area contributed by atoms with Gasteiger partial charge in [-0.15, -0.1) is 13.2 Å². The Labute approximate surface area is 234 Å². The summed E-state index contributed by atoms with van der Waals surface area (Å²) >= 11 is 5.82. The molecule has 1 atom stereocenters. The zero-order valence-corrected chi connectivity index (χ0v) is 21.7. The molecule has 3 heterocycles. The molecule has 3 aromatic carbocycles. The second-order valence-corrected chi connectivity index (χ2v) is 10.3. The summed E-state index contributed by atoms with van der Waals surface area (Å²) < 4.78 is 42.3. The number of anilines is 3. The van der Waals surface area contributed by atoms with Crippen LogP contribution < -0.4 is 24.8 Å². The van der Waals surface area contributed by atoms with Crippen LogP contribution in [0.25, 0.3) is 10.8 Å². The van der Waals surface area contributed by atoms with Gasteiger partial charge in [0.05, 0.1) is 28.0 Å². The highest BCUT2D eigenvalue weighted by atomic mass is 35.5. The summed E-state index contributed by atoms with van der Waals surface area (Å²) in [6, 6.07) is 10.8. The maximum absolute atomic E-state index is 13.5. The van der Waals surface area contributed by atoms with Crippen molar-refractivity contribution in [1.82, 2.24) is 5.32 Å². The summed E-state index contributed by atoms with van der Waals surface area (Å²) in [5.41, 5.74) is 1.55. The maximum Gasteiger partial charge on any atom is 0.573 e. The van der Waals surface area contributed by atoms with Crippen molar-refractivity contribution in [3.63, 3.8) is 0 Å². The molecule has 3 aliphatic heterocycles. The predicted molar refractivity (Wildman–Crippen MR) is 142 cm³/mol. The number of imide groups is 1. The first-order valence-electron chi connectivity index (χ1n) is 12.5. The molecule has 10 nitrogen and oxygen atoms in total. The number of nitrogens with one attached hydrogen (secondary N) is 1. The van der Waals surface area contributed by atoms with E-state index in [4.69, 9.17) is 11.6 Å². The SMILES string of the molecule is O=C1CCC(N2C(=O)c3cc(N4CC(N(C(=O)O)c5ccc(Cl)c(OC(F)(F)F)c5)C4)cc4cccc2c34)C(=O)N1. The van der Waals surface area contributed by atoms with Crippen molar-refractivity contribution in [1.29, 1.82) is 0 Å². The van der Waals surface area contributed by atoms with E-state index in [-0.39, 0.29) is 48.5 Å². The van der Waals surface area contributed by atoms with E-state index in [2.05, 4.69) is 10.1 Å².